The van der Waals surface area contributed by atoms with Gasteiger partial charge in [-0.05, 0) is 93.8 Å². The number of rotatable bonds is 6. The van der Waals surface area contributed by atoms with E-state index in [-0.39, 0.29) is 48.4 Å². The Balaban J connectivity index is 1.37. The monoisotopic (exact) mass is 752 g/mol. The molecule has 1 amide bonds. The van der Waals surface area contributed by atoms with Crippen LogP contribution < -0.4 is 9.47 Å². The zero-order valence-electron chi connectivity index (χ0n) is 34.3. The fourth-order valence-corrected chi connectivity index (χ4v) is 11.3. The topological polar surface area (TPSA) is 114 Å². The molecular formula is C41H60N2O9Si. The van der Waals surface area contributed by atoms with Gasteiger partial charge in [0.15, 0.2) is 25.4 Å². The van der Waals surface area contributed by atoms with Gasteiger partial charge < -0.3 is 37.7 Å². The lowest BCUT2D eigenvalue weighted by Gasteiger charge is -2.63. The quantitative estimate of drug-likeness (QED) is 0.172. The third kappa shape index (κ3) is 5.46. The summed E-state index contributed by atoms with van der Waals surface area (Å²) in [6.07, 6.45) is 0.858. The molecule has 12 heteroatoms. The van der Waals surface area contributed by atoms with Crippen LogP contribution in [0, 0.1) is 11.3 Å². The van der Waals surface area contributed by atoms with Gasteiger partial charge in [0.25, 0.3) is 5.91 Å². The molecule has 292 valence electrons. The van der Waals surface area contributed by atoms with Crippen molar-refractivity contribution >= 4 is 31.7 Å². The SMILES string of the molecule is COCO[C@H]1CCN2C(=O)[C@]34CC5=C(C(C(=O)OC(C)(C)C)c6c5ccc5c6OCC(O[Si](C)(C)C(C)(C)C)C(C)(C)O5)C(C)(C)[C@@H]3C[C@]12C(OC)=N4. The second kappa shape index (κ2) is 12.0. The minimum absolute atomic E-state index is 0.0115. The molecule has 2 aliphatic carbocycles. The summed E-state index contributed by atoms with van der Waals surface area (Å²) in [4.78, 5) is 37.0. The van der Waals surface area contributed by atoms with Gasteiger partial charge in [0.2, 0.25) is 5.90 Å². The van der Waals surface area contributed by atoms with E-state index in [4.69, 9.17) is 37.8 Å². The molecule has 11 nitrogen and oxygen atoms in total. The Labute approximate surface area is 316 Å². The maximum absolute atomic E-state index is 15.0. The van der Waals surface area contributed by atoms with Crippen molar-refractivity contribution in [3.63, 3.8) is 0 Å². The van der Waals surface area contributed by atoms with E-state index in [1.165, 1.54) is 0 Å². The van der Waals surface area contributed by atoms with Gasteiger partial charge >= 0.3 is 5.97 Å². The van der Waals surface area contributed by atoms with Crippen molar-refractivity contribution in [2.75, 3.05) is 34.2 Å². The predicted octanol–water partition coefficient (Wildman–Crippen LogP) is 7.03. The van der Waals surface area contributed by atoms with Crippen LogP contribution in [-0.4, -0.2) is 99.6 Å². The molecule has 2 spiro atoms. The minimum atomic E-state index is -2.21. The van der Waals surface area contributed by atoms with Crippen LogP contribution in [0.5, 0.6) is 11.5 Å². The van der Waals surface area contributed by atoms with Crippen LogP contribution in [0.2, 0.25) is 18.1 Å². The molecule has 2 unspecified atom stereocenters. The largest absolute Gasteiger partial charge is 0.487 e. The van der Waals surface area contributed by atoms with E-state index < -0.39 is 41.9 Å². The summed E-state index contributed by atoms with van der Waals surface area (Å²) in [7, 11) is 1.02. The summed E-state index contributed by atoms with van der Waals surface area (Å²) < 4.78 is 44.5. The van der Waals surface area contributed by atoms with Crippen LogP contribution in [0.1, 0.15) is 106 Å². The average molecular weight is 753 g/mol. The number of nitrogens with zero attached hydrogens (tertiary/aromatic N) is 2. The van der Waals surface area contributed by atoms with E-state index in [1.54, 1.807) is 14.2 Å². The summed E-state index contributed by atoms with van der Waals surface area (Å²) >= 11 is 0. The Bertz CT molecular complexity index is 1790. The number of piperidine rings is 1. The number of aliphatic imine (C=N–C) groups is 1. The molecule has 2 saturated heterocycles. The van der Waals surface area contributed by atoms with Gasteiger partial charge in [0, 0.05) is 31.6 Å². The second-order valence-electron chi connectivity index (χ2n) is 19.5. The summed E-state index contributed by atoms with van der Waals surface area (Å²) in [6, 6.07) is 3.97. The number of hydrogen-bond donors (Lipinski definition) is 0. The van der Waals surface area contributed by atoms with E-state index in [2.05, 4.69) is 47.7 Å². The Kier molecular flexibility index (Phi) is 8.71. The van der Waals surface area contributed by atoms with Crippen LogP contribution >= 0.6 is 0 Å². The van der Waals surface area contributed by atoms with Crippen LogP contribution in [0.15, 0.2) is 22.7 Å². The van der Waals surface area contributed by atoms with E-state index in [9.17, 15) is 9.59 Å². The Hall–Kier alpha value is -2.93. The standard InChI is InChI=1S/C41H60N2O9Si/c1-36(2,3)51-33(44)30-29-23(15-16-25-32(29)48-21-28(39(9,10)50-25)52-53(13,14)37(4,5)6)24-19-40-26(38(7,8)31(24)30)20-41(34(42-40)47-12)27(49-22-46-11)17-18-43(41)35(40)45/h15-16,26-28,30H,17-22H2,1-14H3/t26-,27-,28?,30?,40-,41+/m0/s1. The zero-order chi connectivity index (χ0) is 38.9. The van der Waals surface area contributed by atoms with Crippen molar-refractivity contribution < 1.29 is 42.4 Å². The van der Waals surface area contributed by atoms with E-state index >= 15 is 0 Å². The maximum Gasteiger partial charge on any atom is 0.318 e. The first-order chi connectivity index (χ1) is 24.5. The molecule has 0 aromatic heterocycles. The molecule has 2 fully saturated rings. The van der Waals surface area contributed by atoms with Crippen LogP contribution in [0.25, 0.3) is 5.57 Å². The molecule has 6 atom stereocenters. The molecule has 0 radical (unpaired) electrons. The molecule has 7 aliphatic rings. The first-order valence-corrected chi connectivity index (χ1v) is 22.1. The number of carbonyl (C=O) groups excluding carboxylic acids is 2. The summed E-state index contributed by atoms with van der Waals surface area (Å²) in [5, 5.41) is -0.0115. The minimum Gasteiger partial charge on any atom is -0.487 e. The molecule has 8 rings (SSSR count). The van der Waals surface area contributed by atoms with E-state index in [0.717, 1.165) is 22.3 Å². The number of amides is 1. The molecule has 0 N–H and O–H groups in total. The normalized spacial score (nSPS) is 32.4. The third-order valence-electron chi connectivity index (χ3n) is 13.4. The Morgan fingerprint density at radius 1 is 1.06 bits per heavy atom. The highest BCUT2D eigenvalue weighted by atomic mass is 28.4. The Morgan fingerprint density at radius 3 is 2.38 bits per heavy atom. The van der Waals surface area contributed by atoms with Crippen LogP contribution in [-0.2, 0) is 33.0 Å². The smallest absolute Gasteiger partial charge is 0.318 e. The molecule has 1 aromatic carbocycles. The van der Waals surface area contributed by atoms with Crippen LogP contribution in [0.4, 0.5) is 0 Å². The van der Waals surface area contributed by atoms with Gasteiger partial charge in [0.05, 0.1) is 13.2 Å². The summed E-state index contributed by atoms with van der Waals surface area (Å²) in [6.45, 7) is 26.1. The fourth-order valence-electron chi connectivity index (χ4n) is 9.92. The third-order valence-corrected chi connectivity index (χ3v) is 17.9. The second-order valence-corrected chi connectivity index (χ2v) is 24.3. The highest BCUT2D eigenvalue weighted by molar-refractivity contribution is 6.74. The molecular weight excluding hydrogens is 693 g/mol. The van der Waals surface area contributed by atoms with Crippen molar-refractivity contribution in [1.29, 1.82) is 0 Å². The number of methoxy groups -OCH3 is 2. The lowest BCUT2D eigenvalue weighted by molar-refractivity contribution is -0.167. The van der Waals surface area contributed by atoms with Crippen molar-refractivity contribution in [1.82, 2.24) is 4.90 Å². The predicted molar refractivity (Wildman–Crippen MR) is 204 cm³/mol. The first-order valence-electron chi connectivity index (χ1n) is 19.2. The van der Waals surface area contributed by atoms with Crippen molar-refractivity contribution in [3.05, 3.63) is 28.8 Å². The van der Waals surface area contributed by atoms with Gasteiger partial charge in [-0.1, -0.05) is 40.7 Å². The molecule has 5 aliphatic heterocycles. The first kappa shape index (κ1) is 38.3. The number of hydrogen-bond acceptors (Lipinski definition) is 10. The molecule has 5 heterocycles. The number of fused-ring (bicyclic) bond motifs is 4. The molecule has 1 aromatic rings. The highest BCUT2D eigenvalue weighted by Gasteiger charge is 2.75. The summed E-state index contributed by atoms with van der Waals surface area (Å²) in [5.74, 6) is 0.236. The zero-order valence-corrected chi connectivity index (χ0v) is 35.3. The van der Waals surface area contributed by atoms with Crippen molar-refractivity contribution in [2.45, 2.75) is 147 Å². The van der Waals surface area contributed by atoms with Gasteiger partial charge in [-0.2, -0.15) is 0 Å². The van der Waals surface area contributed by atoms with E-state index in [1.807, 2.05) is 51.7 Å². The van der Waals surface area contributed by atoms with Gasteiger partial charge in [-0.15, -0.1) is 0 Å². The fraction of sp³-hybridized carbons (Fsp3) is 0.732. The number of esters is 1. The lowest BCUT2D eigenvalue weighted by atomic mass is 9.50. The number of ether oxygens (including phenoxy) is 6. The molecule has 0 saturated carbocycles. The highest BCUT2D eigenvalue weighted by Crippen LogP contribution is 2.69. The Morgan fingerprint density at radius 2 is 1.75 bits per heavy atom. The van der Waals surface area contributed by atoms with Gasteiger partial charge in [-0.25, -0.2) is 4.99 Å². The van der Waals surface area contributed by atoms with Gasteiger partial charge in [0.1, 0.15) is 42.2 Å². The number of benzene rings is 1. The molecule has 53 heavy (non-hydrogen) atoms. The number of carbonyl (C=O) groups is 2. The van der Waals surface area contributed by atoms with Crippen molar-refractivity contribution in [2.24, 2.45) is 16.3 Å². The average Bonchev–Trinajstić information content (AvgIpc) is 3.54. The maximum atomic E-state index is 15.0. The van der Waals surface area contributed by atoms with Crippen molar-refractivity contribution in [3.8, 4) is 11.5 Å². The lowest BCUT2D eigenvalue weighted by Crippen LogP contribution is -2.77. The van der Waals surface area contributed by atoms with Gasteiger partial charge in [-0.3, -0.25) is 9.59 Å². The van der Waals surface area contributed by atoms with Crippen LogP contribution in [0.3, 0.4) is 0 Å². The van der Waals surface area contributed by atoms with E-state index in [0.29, 0.717) is 43.2 Å². The summed E-state index contributed by atoms with van der Waals surface area (Å²) in [5.41, 5.74) is -0.617. The molecule has 2 bridgehead atoms.